The van der Waals surface area contributed by atoms with Gasteiger partial charge in [0.15, 0.2) is 5.69 Å². The second-order valence-electron chi connectivity index (χ2n) is 7.54. The van der Waals surface area contributed by atoms with Crippen LogP contribution < -0.4 is 9.64 Å². The number of fused-ring (bicyclic) bond motifs is 3. The van der Waals surface area contributed by atoms with Gasteiger partial charge in [0.1, 0.15) is 0 Å². The molecule has 1 atom stereocenters. The number of halogens is 1. The van der Waals surface area contributed by atoms with Crippen molar-refractivity contribution in [1.29, 1.82) is 0 Å². The number of aryl methyl sites for hydroxylation is 1. The molecule has 6 nitrogen and oxygen atoms in total. The standard InChI is InChI=1S/C24H25ClN4O2S/c1-4-6-13-32-24-26-22-21(27-28-24)18-14-16(5-2)11-12-20(18)29(15(3)30)23(31-22)17-9-7-8-10-19(17)25/h7-12,14,23H,4-6,13H2,1-3H3/t23-/m0/s1. The largest absolute Gasteiger partial charge is 0.447 e. The summed E-state index contributed by atoms with van der Waals surface area (Å²) in [6, 6.07) is 13.4. The number of aromatic nitrogens is 3. The molecule has 0 fully saturated rings. The fourth-order valence-corrected chi connectivity index (χ4v) is 4.71. The van der Waals surface area contributed by atoms with Crippen LogP contribution in [-0.2, 0) is 11.2 Å². The number of hydrogen-bond acceptors (Lipinski definition) is 6. The van der Waals surface area contributed by atoms with Crippen molar-refractivity contribution in [1.82, 2.24) is 15.2 Å². The molecule has 3 aromatic rings. The van der Waals surface area contributed by atoms with E-state index in [-0.39, 0.29) is 5.91 Å². The van der Waals surface area contributed by atoms with Crippen LogP contribution in [-0.4, -0.2) is 26.8 Å². The number of nitrogens with zero attached hydrogens (tertiary/aromatic N) is 4. The van der Waals surface area contributed by atoms with Gasteiger partial charge in [-0.1, -0.05) is 67.9 Å². The summed E-state index contributed by atoms with van der Waals surface area (Å²) in [5.41, 5.74) is 3.80. The summed E-state index contributed by atoms with van der Waals surface area (Å²) < 4.78 is 6.39. The Morgan fingerprint density at radius 3 is 2.72 bits per heavy atom. The van der Waals surface area contributed by atoms with Gasteiger partial charge in [0, 0.05) is 28.8 Å². The summed E-state index contributed by atoms with van der Waals surface area (Å²) in [6.07, 6.45) is 2.23. The zero-order chi connectivity index (χ0) is 22.7. The third-order valence-corrected chi connectivity index (χ3v) is 6.58. The second-order valence-corrected chi connectivity index (χ2v) is 9.01. The van der Waals surface area contributed by atoms with Gasteiger partial charge in [-0.3, -0.25) is 9.69 Å². The molecule has 0 aliphatic carbocycles. The Morgan fingerprint density at radius 2 is 2.00 bits per heavy atom. The molecule has 2 aromatic carbocycles. The molecule has 0 bridgehead atoms. The minimum atomic E-state index is -0.779. The van der Waals surface area contributed by atoms with E-state index in [4.69, 9.17) is 16.3 Å². The van der Waals surface area contributed by atoms with E-state index < -0.39 is 6.23 Å². The fraction of sp³-hybridized carbons (Fsp3) is 0.333. The van der Waals surface area contributed by atoms with E-state index in [0.29, 0.717) is 33.0 Å². The van der Waals surface area contributed by atoms with Crippen LogP contribution in [0.5, 0.6) is 5.88 Å². The van der Waals surface area contributed by atoms with Crippen LogP contribution in [0.1, 0.15) is 51.0 Å². The third-order valence-electron chi connectivity index (χ3n) is 5.32. The number of benzene rings is 2. The summed E-state index contributed by atoms with van der Waals surface area (Å²) in [4.78, 5) is 19.2. The highest BCUT2D eigenvalue weighted by molar-refractivity contribution is 7.99. The zero-order valence-electron chi connectivity index (χ0n) is 18.3. The predicted octanol–water partition coefficient (Wildman–Crippen LogP) is 6.09. The molecule has 166 valence electrons. The lowest BCUT2D eigenvalue weighted by Crippen LogP contribution is -2.36. The normalized spacial score (nSPS) is 14.9. The number of hydrogen-bond donors (Lipinski definition) is 0. The van der Waals surface area contributed by atoms with Crippen LogP contribution in [0.3, 0.4) is 0 Å². The van der Waals surface area contributed by atoms with Crippen molar-refractivity contribution in [3.8, 4) is 17.1 Å². The smallest absolute Gasteiger partial charge is 0.247 e. The molecule has 1 aliphatic rings. The van der Waals surface area contributed by atoms with Crippen LogP contribution in [0.4, 0.5) is 5.69 Å². The summed E-state index contributed by atoms with van der Waals surface area (Å²) in [5.74, 6) is 1.09. The van der Waals surface area contributed by atoms with E-state index in [2.05, 4.69) is 29.0 Å². The maximum absolute atomic E-state index is 12.9. The monoisotopic (exact) mass is 468 g/mol. The first-order valence-electron chi connectivity index (χ1n) is 10.7. The van der Waals surface area contributed by atoms with Gasteiger partial charge in [-0.05, 0) is 36.6 Å². The van der Waals surface area contributed by atoms with E-state index in [1.54, 1.807) is 22.7 Å². The molecule has 0 spiro atoms. The number of amides is 1. The molecule has 32 heavy (non-hydrogen) atoms. The minimum absolute atomic E-state index is 0.168. The maximum Gasteiger partial charge on any atom is 0.247 e. The number of anilines is 1. The maximum atomic E-state index is 12.9. The quantitative estimate of drug-likeness (QED) is 0.322. The molecule has 0 N–H and O–H groups in total. The van der Waals surface area contributed by atoms with Gasteiger partial charge < -0.3 is 4.74 Å². The van der Waals surface area contributed by atoms with E-state index >= 15 is 0 Å². The third kappa shape index (κ3) is 4.45. The Balaban J connectivity index is 1.91. The lowest BCUT2D eigenvalue weighted by molar-refractivity contribution is -0.118. The summed E-state index contributed by atoms with van der Waals surface area (Å²) in [6.45, 7) is 5.75. The molecule has 0 saturated heterocycles. The predicted molar refractivity (Wildman–Crippen MR) is 128 cm³/mol. The fourth-order valence-electron chi connectivity index (χ4n) is 3.62. The highest BCUT2D eigenvalue weighted by Gasteiger charge is 2.35. The van der Waals surface area contributed by atoms with Gasteiger partial charge in [-0.2, -0.15) is 4.98 Å². The van der Waals surface area contributed by atoms with E-state index in [1.807, 2.05) is 36.4 Å². The molecule has 4 rings (SSSR count). The van der Waals surface area contributed by atoms with Crippen LogP contribution in [0.2, 0.25) is 5.02 Å². The molecule has 0 radical (unpaired) electrons. The van der Waals surface area contributed by atoms with Crippen molar-refractivity contribution in [3.63, 3.8) is 0 Å². The van der Waals surface area contributed by atoms with Crippen molar-refractivity contribution < 1.29 is 9.53 Å². The van der Waals surface area contributed by atoms with Gasteiger partial charge in [-0.25, -0.2) is 0 Å². The van der Waals surface area contributed by atoms with Gasteiger partial charge in [0.25, 0.3) is 0 Å². The van der Waals surface area contributed by atoms with Gasteiger partial charge in [0.2, 0.25) is 23.2 Å². The molecule has 0 saturated carbocycles. The summed E-state index contributed by atoms with van der Waals surface area (Å²) in [7, 11) is 0. The van der Waals surface area contributed by atoms with Crippen LogP contribution >= 0.6 is 23.4 Å². The number of thioether (sulfide) groups is 1. The van der Waals surface area contributed by atoms with Gasteiger partial charge in [0.05, 0.1) is 5.69 Å². The highest BCUT2D eigenvalue weighted by Crippen LogP contribution is 2.44. The van der Waals surface area contributed by atoms with Crippen molar-refractivity contribution >= 4 is 35.0 Å². The number of unbranched alkanes of at least 4 members (excludes halogenated alkanes) is 1. The van der Waals surface area contributed by atoms with Crippen LogP contribution in [0.15, 0.2) is 47.6 Å². The Labute approximate surface area is 197 Å². The molecular weight excluding hydrogens is 444 g/mol. The second kappa shape index (κ2) is 9.88. The van der Waals surface area contributed by atoms with Crippen molar-refractivity contribution in [2.24, 2.45) is 0 Å². The van der Waals surface area contributed by atoms with Gasteiger partial charge in [-0.15, -0.1) is 10.2 Å². The van der Waals surface area contributed by atoms with E-state index in [1.165, 1.54) is 6.92 Å². The number of carbonyl (C=O) groups excluding carboxylic acids is 1. The van der Waals surface area contributed by atoms with Crippen LogP contribution in [0.25, 0.3) is 11.3 Å². The Morgan fingerprint density at radius 1 is 1.19 bits per heavy atom. The SMILES string of the molecule is CCCCSc1nnc2c(n1)O[C@@H](c1ccccc1Cl)N(C(C)=O)c1ccc(CC)cc1-2. The zero-order valence-corrected chi connectivity index (χ0v) is 19.9. The van der Waals surface area contributed by atoms with Crippen molar-refractivity contribution in [2.75, 3.05) is 10.7 Å². The van der Waals surface area contributed by atoms with Crippen molar-refractivity contribution in [2.45, 2.75) is 51.4 Å². The Hall–Kier alpha value is -2.64. The first kappa shape index (κ1) is 22.6. The summed E-state index contributed by atoms with van der Waals surface area (Å²) >= 11 is 8.08. The Kier molecular flexibility index (Phi) is 6.96. The molecule has 1 aromatic heterocycles. The summed E-state index contributed by atoms with van der Waals surface area (Å²) in [5, 5.41) is 9.89. The molecule has 8 heteroatoms. The van der Waals surface area contributed by atoms with E-state index in [9.17, 15) is 4.79 Å². The number of carbonyl (C=O) groups is 1. The topological polar surface area (TPSA) is 68.2 Å². The Bertz CT molecular complexity index is 1140. The lowest BCUT2D eigenvalue weighted by Gasteiger charge is -2.30. The average Bonchev–Trinajstić information content (AvgIpc) is 2.93. The lowest BCUT2D eigenvalue weighted by atomic mass is 10.0. The van der Waals surface area contributed by atoms with Crippen LogP contribution in [0, 0.1) is 0 Å². The first-order valence-corrected chi connectivity index (χ1v) is 12.1. The average molecular weight is 469 g/mol. The number of ether oxygens (including phenoxy) is 1. The number of rotatable bonds is 6. The molecule has 1 aliphatic heterocycles. The van der Waals surface area contributed by atoms with Gasteiger partial charge >= 0.3 is 0 Å². The molecule has 1 amide bonds. The molecule has 0 unspecified atom stereocenters. The van der Waals surface area contributed by atoms with Crippen molar-refractivity contribution in [3.05, 3.63) is 58.6 Å². The molecular formula is C24H25ClN4O2S. The van der Waals surface area contributed by atoms with E-state index in [0.717, 1.165) is 36.1 Å². The molecule has 2 heterocycles. The highest BCUT2D eigenvalue weighted by atomic mass is 35.5. The first-order chi connectivity index (χ1) is 15.5. The minimum Gasteiger partial charge on any atom is -0.447 e.